The van der Waals surface area contributed by atoms with Crippen molar-refractivity contribution in [3.8, 4) is 16.9 Å². The number of piperazine rings is 1. The number of amides is 2. The van der Waals surface area contributed by atoms with Crippen LogP contribution in [0, 0.1) is 5.82 Å². The Morgan fingerprint density at radius 1 is 1.07 bits per heavy atom. The molecular weight excluding hydrogens is 347 g/mol. The zero-order valence-electron chi connectivity index (χ0n) is 14.4. The van der Waals surface area contributed by atoms with E-state index in [2.05, 4.69) is 10.4 Å². The van der Waals surface area contributed by atoms with Crippen LogP contribution in [-0.4, -0.2) is 46.1 Å². The van der Waals surface area contributed by atoms with Crippen molar-refractivity contribution < 1.29 is 14.0 Å². The molecule has 0 saturated carbocycles. The van der Waals surface area contributed by atoms with Gasteiger partial charge >= 0.3 is 0 Å². The smallest absolute Gasteiger partial charge is 0.258 e. The Morgan fingerprint density at radius 2 is 1.81 bits per heavy atom. The third-order valence-electron chi connectivity index (χ3n) is 4.41. The summed E-state index contributed by atoms with van der Waals surface area (Å²) >= 11 is 0. The maximum Gasteiger partial charge on any atom is 0.258 e. The molecule has 1 aliphatic heterocycles. The molecule has 1 aliphatic rings. The number of rotatable bonds is 3. The van der Waals surface area contributed by atoms with Crippen LogP contribution < -0.4 is 5.32 Å². The summed E-state index contributed by atoms with van der Waals surface area (Å²) < 4.78 is 14.9. The molecule has 1 N–H and O–H groups in total. The molecule has 136 valence electrons. The lowest BCUT2D eigenvalue weighted by Gasteiger charge is -2.26. The molecule has 3 aromatic rings. The number of halogens is 1. The first-order valence-corrected chi connectivity index (χ1v) is 8.59. The molecule has 0 bridgehead atoms. The van der Waals surface area contributed by atoms with Gasteiger partial charge in [-0.15, -0.1) is 0 Å². The van der Waals surface area contributed by atoms with Crippen molar-refractivity contribution in [3.63, 3.8) is 0 Å². The van der Waals surface area contributed by atoms with Crippen molar-refractivity contribution in [2.75, 3.05) is 19.6 Å². The minimum absolute atomic E-state index is 0.0121. The lowest BCUT2D eigenvalue weighted by atomic mass is 10.1. The van der Waals surface area contributed by atoms with E-state index >= 15 is 0 Å². The lowest BCUT2D eigenvalue weighted by molar-refractivity contribution is -0.123. The molecule has 2 heterocycles. The molecule has 0 aliphatic carbocycles. The summed E-state index contributed by atoms with van der Waals surface area (Å²) in [6.45, 7) is 0.867. The summed E-state index contributed by atoms with van der Waals surface area (Å²) in [6.07, 6.45) is 1.66. The number of carbonyl (C=O) groups is 2. The summed E-state index contributed by atoms with van der Waals surface area (Å²) in [4.78, 5) is 26.2. The van der Waals surface area contributed by atoms with E-state index in [1.54, 1.807) is 23.0 Å². The highest BCUT2D eigenvalue weighted by Crippen LogP contribution is 2.25. The molecule has 2 amide bonds. The van der Waals surface area contributed by atoms with Gasteiger partial charge in [-0.3, -0.25) is 9.59 Å². The van der Waals surface area contributed by atoms with Gasteiger partial charge in [0.05, 0.1) is 17.8 Å². The predicted molar refractivity (Wildman–Crippen MR) is 97.9 cm³/mol. The molecule has 27 heavy (non-hydrogen) atoms. The number of nitrogens with one attached hydrogen (secondary N) is 1. The van der Waals surface area contributed by atoms with E-state index in [1.165, 1.54) is 17.0 Å². The Hall–Kier alpha value is -3.48. The van der Waals surface area contributed by atoms with Crippen LogP contribution >= 0.6 is 0 Å². The number of carbonyl (C=O) groups excluding carboxylic acids is 2. The van der Waals surface area contributed by atoms with Crippen molar-refractivity contribution in [2.24, 2.45) is 0 Å². The van der Waals surface area contributed by atoms with Gasteiger partial charge in [0.15, 0.2) is 0 Å². The molecule has 0 atom stereocenters. The molecule has 7 heteroatoms. The van der Waals surface area contributed by atoms with Gasteiger partial charge in [-0.25, -0.2) is 9.07 Å². The van der Waals surface area contributed by atoms with Gasteiger partial charge < -0.3 is 10.2 Å². The van der Waals surface area contributed by atoms with E-state index < -0.39 is 0 Å². The van der Waals surface area contributed by atoms with Crippen molar-refractivity contribution >= 4 is 11.8 Å². The number of hydrogen-bond acceptors (Lipinski definition) is 3. The monoisotopic (exact) mass is 364 g/mol. The minimum Gasteiger partial charge on any atom is -0.353 e. The highest BCUT2D eigenvalue weighted by Gasteiger charge is 2.27. The van der Waals surface area contributed by atoms with Crippen LogP contribution in [0.3, 0.4) is 0 Å². The maximum atomic E-state index is 13.3. The van der Waals surface area contributed by atoms with Crippen LogP contribution in [-0.2, 0) is 4.79 Å². The fourth-order valence-electron chi connectivity index (χ4n) is 3.05. The molecule has 6 nitrogen and oxygen atoms in total. The molecule has 0 radical (unpaired) electrons. The number of benzene rings is 2. The molecule has 0 spiro atoms. The van der Waals surface area contributed by atoms with Crippen molar-refractivity contribution in [2.45, 2.75) is 0 Å². The van der Waals surface area contributed by atoms with Crippen molar-refractivity contribution in [3.05, 3.63) is 72.2 Å². The largest absolute Gasteiger partial charge is 0.353 e. The minimum atomic E-state index is -0.359. The summed E-state index contributed by atoms with van der Waals surface area (Å²) in [5.74, 6) is -0.818. The Labute approximate surface area is 155 Å². The van der Waals surface area contributed by atoms with Gasteiger partial charge in [-0.05, 0) is 36.4 Å². The second-order valence-corrected chi connectivity index (χ2v) is 6.26. The van der Waals surface area contributed by atoms with Crippen LogP contribution in [0.5, 0.6) is 0 Å². The average molecular weight is 364 g/mol. The SMILES string of the molecule is O=C1CN(C(=O)c2cn(-c3ccccc3)nc2-c2ccc(F)cc2)CCN1. The zero-order valence-corrected chi connectivity index (χ0v) is 14.4. The van der Waals surface area contributed by atoms with Gasteiger partial charge in [0.25, 0.3) is 5.91 Å². The second-order valence-electron chi connectivity index (χ2n) is 6.26. The van der Waals surface area contributed by atoms with Crippen molar-refractivity contribution in [1.29, 1.82) is 0 Å². The fourth-order valence-corrected chi connectivity index (χ4v) is 3.05. The normalized spacial score (nSPS) is 14.1. The molecule has 2 aromatic carbocycles. The van der Waals surface area contributed by atoms with E-state index in [1.807, 2.05) is 30.3 Å². The Bertz CT molecular complexity index is 983. The summed E-state index contributed by atoms with van der Waals surface area (Å²) in [5, 5.41) is 7.27. The average Bonchev–Trinajstić information content (AvgIpc) is 3.14. The van der Waals surface area contributed by atoms with E-state index in [9.17, 15) is 14.0 Å². The molecule has 1 aromatic heterocycles. The van der Waals surface area contributed by atoms with E-state index in [-0.39, 0.29) is 24.2 Å². The molecule has 0 unspecified atom stereocenters. The number of para-hydroxylation sites is 1. The first kappa shape index (κ1) is 17.0. The summed E-state index contributed by atoms with van der Waals surface area (Å²) in [6, 6.07) is 15.3. The standard InChI is InChI=1S/C20H17FN4O2/c21-15-8-6-14(7-9-15)19-17(20(27)24-11-10-22-18(26)13-24)12-25(23-19)16-4-2-1-3-5-16/h1-9,12H,10-11,13H2,(H,22,26). The molecule has 1 fully saturated rings. The molecule has 4 rings (SSSR count). The third kappa shape index (κ3) is 3.44. The maximum absolute atomic E-state index is 13.3. The summed E-state index contributed by atoms with van der Waals surface area (Å²) in [5.41, 5.74) is 2.27. The zero-order chi connectivity index (χ0) is 18.8. The van der Waals surface area contributed by atoms with Crippen LogP contribution in [0.4, 0.5) is 4.39 Å². The number of hydrogen-bond donors (Lipinski definition) is 1. The first-order chi connectivity index (χ1) is 13.1. The highest BCUT2D eigenvalue weighted by molar-refractivity contribution is 6.01. The van der Waals surface area contributed by atoms with E-state index in [0.717, 1.165) is 5.69 Å². The Kier molecular flexibility index (Phi) is 4.42. The quantitative estimate of drug-likeness (QED) is 0.775. The van der Waals surface area contributed by atoms with Crippen LogP contribution in [0.1, 0.15) is 10.4 Å². The summed E-state index contributed by atoms with van der Waals surface area (Å²) in [7, 11) is 0. The second kappa shape index (κ2) is 7.03. The predicted octanol–water partition coefficient (Wildman–Crippen LogP) is 2.25. The van der Waals surface area contributed by atoms with Crippen LogP contribution in [0.25, 0.3) is 16.9 Å². The third-order valence-corrected chi connectivity index (χ3v) is 4.41. The topological polar surface area (TPSA) is 67.2 Å². The Morgan fingerprint density at radius 3 is 2.52 bits per heavy atom. The van der Waals surface area contributed by atoms with Gasteiger partial charge in [-0.1, -0.05) is 18.2 Å². The van der Waals surface area contributed by atoms with Crippen molar-refractivity contribution in [1.82, 2.24) is 20.0 Å². The Balaban J connectivity index is 1.78. The van der Waals surface area contributed by atoms with Gasteiger partial charge in [0.2, 0.25) is 5.91 Å². The highest BCUT2D eigenvalue weighted by atomic mass is 19.1. The number of aromatic nitrogens is 2. The van der Waals surface area contributed by atoms with Gasteiger partial charge in [0.1, 0.15) is 11.5 Å². The van der Waals surface area contributed by atoms with Gasteiger partial charge in [-0.2, -0.15) is 5.10 Å². The van der Waals surface area contributed by atoms with Crippen LogP contribution in [0.15, 0.2) is 60.8 Å². The van der Waals surface area contributed by atoms with E-state index in [0.29, 0.717) is 29.9 Å². The first-order valence-electron chi connectivity index (χ1n) is 8.59. The molecule has 1 saturated heterocycles. The lowest BCUT2D eigenvalue weighted by Crippen LogP contribution is -2.50. The van der Waals surface area contributed by atoms with E-state index in [4.69, 9.17) is 0 Å². The number of nitrogens with zero attached hydrogens (tertiary/aromatic N) is 3. The van der Waals surface area contributed by atoms with Gasteiger partial charge in [0, 0.05) is 24.8 Å². The molecular formula is C20H17FN4O2. The fraction of sp³-hybridized carbons (Fsp3) is 0.150. The van der Waals surface area contributed by atoms with Crippen LogP contribution in [0.2, 0.25) is 0 Å².